The van der Waals surface area contributed by atoms with E-state index in [0.29, 0.717) is 23.0 Å². The second-order valence-corrected chi connectivity index (χ2v) is 9.17. The Labute approximate surface area is 183 Å². The lowest BCUT2D eigenvalue weighted by molar-refractivity contribution is -0.266. The van der Waals surface area contributed by atoms with Crippen LogP contribution < -0.4 is 0 Å². The number of phenols is 1. The van der Waals surface area contributed by atoms with Gasteiger partial charge in [0.2, 0.25) is 0 Å². The summed E-state index contributed by atoms with van der Waals surface area (Å²) in [7, 11) is 3.59. The third-order valence-electron chi connectivity index (χ3n) is 5.69. The van der Waals surface area contributed by atoms with Gasteiger partial charge in [0.25, 0.3) is 0 Å². The molecule has 0 spiro atoms. The summed E-state index contributed by atoms with van der Waals surface area (Å²) < 4.78 is 56.5. The Morgan fingerprint density at radius 2 is 1.81 bits per heavy atom. The number of fused-ring (bicyclic) bond motifs is 1. The molecule has 0 saturated heterocycles. The highest BCUT2D eigenvalue weighted by molar-refractivity contribution is 5.83. The summed E-state index contributed by atoms with van der Waals surface area (Å²) in [5, 5.41) is 21.8. The van der Waals surface area contributed by atoms with Crippen LogP contribution in [0.2, 0.25) is 0 Å². The van der Waals surface area contributed by atoms with Gasteiger partial charge in [-0.3, -0.25) is 4.98 Å². The number of hydrogen-bond donors (Lipinski definition) is 3. The number of benzene rings is 1. The Balaban J connectivity index is 2.07. The first-order valence-corrected chi connectivity index (χ1v) is 10.1. The molecule has 0 fully saturated rings. The SMILES string of the molecule is CN(C)Cc1c(CC(O)(CC(C)(C)c2cc(F)ccc2O)C(F)(F)F)[nH]c2ccncc12. The van der Waals surface area contributed by atoms with Crippen molar-refractivity contribution in [2.75, 3.05) is 14.1 Å². The minimum atomic E-state index is -4.97. The number of nitrogens with zero attached hydrogens (tertiary/aromatic N) is 2. The third-order valence-corrected chi connectivity index (χ3v) is 5.69. The molecule has 3 aromatic rings. The molecule has 9 heteroatoms. The summed E-state index contributed by atoms with van der Waals surface area (Å²) in [6, 6.07) is 4.79. The molecule has 5 nitrogen and oxygen atoms in total. The van der Waals surface area contributed by atoms with Crippen LogP contribution in [0, 0.1) is 5.82 Å². The standard InChI is InChI=1S/C23H27F4N3O2/c1-21(2,17-9-14(24)5-6-20(17)31)13-22(32,23(25,26)27)10-19-16(12-30(3)4)15-11-28-8-7-18(15)29-19/h5-9,11,29,31-32H,10,12-13H2,1-4H3. The number of H-pyrrole nitrogens is 1. The molecule has 2 heterocycles. The van der Waals surface area contributed by atoms with Gasteiger partial charge in [0.05, 0.1) is 0 Å². The molecule has 1 atom stereocenters. The van der Waals surface area contributed by atoms with Crippen molar-refractivity contribution < 1.29 is 27.8 Å². The summed E-state index contributed by atoms with van der Waals surface area (Å²) >= 11 is 0. The van der Waals surface area contributed by atoms with Crippen LogP contribution in [0.1, 0.15) is 37.1 Å². The number of rotatable bonds is 7. The number of aromatic nitrogens is 2. The first kappa shape index (κ1) is 24.0. The second kappa shape index (κ2) is 8.37. The number of alkyl halides is 3. The second-order valence-electron chi connectivity index (χ2n) is 9.17. The van der Waals surface area contributed by atoms with E-state index in [1.807, 2.05) is 4.90 Å². The molecule has 0 radical (unpaired) electrons. The Bertz CT molecular complexity index is 1110. The largest absolute Gasteiger partial charge is 0.508 e. The lowest BCUT2D eigenvalue weighted by Gasteiger charge is -2.38. The molecule has 1 aromatic carbocycles. The van der Waals surface area contributed by atoms with Crippen molar-refractivity contribution in [1.82, 2.24) is 14.9 Å². The van der Waals surface area contributed by atoms with Crippen LogP contribution in [0.5, 0.6) is 5.75 Å². The summed E-state index contributed by atoms with van der Waals surface area (Å²) in [5.41, 5.74) is -3.03. The number of aliphatic hydroxyl groups is 1. The maximum Gasteiger partial charge on any atom is 0.417 e. The predicted molar refractivity (Wildman–Crippen MR) is 114 cm³/mol. The monoisotopic (exact) mass is 453 g/mol. The minimum absolute atomic E-state index is 0.00506. The topological polar surface area (TPSA) is 72.4 Å². The van der Waals surface area contributed by atoms with Crippen molar-refractivity contribution in [2.45, 2.75) is 50.4 Å². The highest BCUT2D eigenvalue weighted by atomic mass is 19.4. The maximum absolute atomic E-state index is 14.2. The van der Waals surface area contributed by atoms with Gasteiger partial charge in [0.1, 0.15) is 11.6 Å². The smallest absolute Gasteiger partial charge is 0.417 e. The lowest BCUT2D eigenvalue weighted by Crippen LogP contribution is -2.51. The van der Waals surface area contributed by atoms with E-state index in [-0.39, 0.29) is 17.0 Å². The van der Waals surface area contributed by atoms with Gasteiger partial charge < -0.3 is 20.1 Å². The number of hydrogen-bond acceptors (Lipinski definition) is 4. The zero-order chi connectivity index (χ0) is 23.9. The van der Waals surface area contributed by atoms with Crippen LogP contribution in [-0.2, 0) is 18.4 Å². The lowest BCUT2D eigenvalue weighted by atomic mass is 9.73. The Morgan fingerprint density at radius 3 is 2.44 bits per heavy atom. The highest BCUT2D eigenvalue weighted by Crippen LogP contribution is 2.45. The maximum atomic E-state index is 14.2. The van der Waals surface area contributed by atoms with Gasteiger partial charge in [-0.25, -0.2) is 4.39 Å². The fourth-order valence-corrected chi connectivity index (χ4v) is 4.22. The van der Waals surface area contributed by atoms with E-state index in [4.69, 9.17) is 0 Å². The zero-order valence-corrected chi connectivity index (χ0v) is 18.4. The number of aromatic amines is 1. The quantitative estimate of drug-likeness (QED) is 0.455. The van der Waals surface area contributed by atoms with E-state index >= 15 is 0 Å². The van der Waals surface area contributed by atoms with E-state index in [0.717, 1.165) is 18.2 Å². The number of phenolic OH excluding ortho intramolecular Hbond substituents is 1. The van der Waals surface area contributed by atoms with Gasteiger partial charge in [-0.15, -0.1) is 0 Å². The van der Waals surface area contributed by atoms with E-state index in [2.05, 4.69) is 9.97 Å². The molecular formula is C23H27F4N3O2. The molecule has 0 amide bonds. The average Bonchev–Trinajstić information content (AvgIpc) is 2.98. The summed E-state index contributed by atoms with van der Waals surface area (Å²) in [4.78, 5) is 8.90. The Kier molecular flexibility index (Phi) is 6.27. The molecule has 32 heavy (non-hydrogen) atoms. The zero-order valence-electron chi connectivity index (χ0n) is 18.4. The van der Waals surface area contributed by atoms with E-state index < -0.39 is 35.9 Å². The van der Waals surface area contributed by atoms with Gasteiger partial charge in [-0.2, -0.15) is 13.2 Å². The van der Waals surface area contributed by atoms with Gasteiger partial charge in [0.15, 0.2) is 5.60 Å². The van der Waals surface area contributed by atoms with Crippen LogP contribution >= 0.6 is 0 Å². The van der Waals surface area contributed by atoms with Crippen LogP contribution in [0.3, 0.4) is 0 Å². The van der Waals surface area contributed by atoms with Crippen molar-refractivity contribution >= 4 is 10.9 Å². The molecule has 1 unspecified atom stereocenters. The van der Waals surface area contributed by atoms with Crippen molar-refractivity contribution in [1.29, 1.82) is 0 Å². The van der Waals surface area contributed by atoms with Crippen molar-refractivity contribution in [2.24, 2.45) is 0 Å². The van der Waals surface area contributed by atoms with Crippen LogP contribution in [0.4, 0.5) is 17.6 Å². The fraction of sp³-hybridized carbons (Fsp3) is 0.435. The molecule has 0 bridgehead atoms. The highest BCUT2D eigenvalue weighted by Gasteiger charge is 2.56. The van der Waals surface area contributed by atoms with Gasteiger partial charge in [-0.1, -0.05) is 13.8 Å². The third kappa shape index (κ3) is 4.73. The molecule has 174 valence electrons. The van der Waals surface area contributed by atoms with E-state index in [1.165, 1.54) is 20.0 Å². The molecule has 2 aromatic heterocycles. The van der Waals surface area contributed by atoms with Crippen LogP contribution in [-0.4, -0.2) is 51.0 Å². The first-order valence-electron chi connectivity index (χ1n) is 10.1. The van der Waals surface area contributed by atoms with Crippen molar-refractivity contribution in [3.8, 4) is 5.75 Å². The van der Waals surface area contributed by atoms with Gasteiger partial charge in [0, 0.05) is 47.5 Å². The van der Waals surface area contributed by atoms with Gasteiger partial charge in [-0.05, 0) is 55.8 Å². The van der Waals surface area contributed by atoms with Crippen LogP contribution in [0.25, 0.3) is 10.9 Å². The van der Waals surface area contributed by atoms with E-state index in [9.17, 15) is 27.8 Å². The summed E-state index contributed by atoms with van der Waals surface area (Å²) in [5.74, 6) is -1.01. The molecular weight excluding hydrogens is 426 g/mol. The molecule has 3 N–H and O–H groups in total. The Hall–Kier alpha value is -2.65. The number of halogens is 4. The first-order chi connectivity index (χ1) is 14.7. The summed E-state index contributed by atoms with van der Waals surface area (Å²) in [6.07, 6.45) is -3.37. The molecule has 0 aliphatic carbocycles. The Morgan fingerprint density at radius 1 is 1.12 bits per heavy atom. The number of nitrogens with one attached hydrogen (secondary N) is 1. The normalized spacial score (nSPS) is 14.8. The summed E-state index contributed by atoms with van der Waals surface area (Å²) in [6.45, 7) is 3.23. The van der Waals surface area contributed by atoms with Gasteiger partial charge >= 0.3 is 6.18 Å². The van der Waals surface area contributed by atoms with Crippen molar-refractivity contribution in [3.63, 3.8) is 0 Å². The molecule has 3 rings (SSSR count). The number of aromatic hydroxyl groups is 1. The fourth-order valence-electron chi connectivity index (χ4n) is 4.22. The molecule has 0 saturated carbocycles. The number of pyridine rings is 1. The van der Waals surface area contributed by atoms with Crippen LogP contribution in [0.15, 0.2) is 36.7 Å². The minimum Gasteiger partial charge on any atom is -0.508 e. The van der Waals surface area contributed by atoms with E-state index in [1.54, 1.807) is 26.4 Å². The molecule has 0 aliphatic heterocycles. The van der Waals surface area contributed by atoms with Crippen molar-refractivity contribution in [3.05, 3.63) is 59.3 Å². The predicted octanol–water partition coefficient (Wildman–Crippen LogP) is 4.67. The average molecular weight is 453 g/mol. The molecule has 0 aliphatic rings.